The number of aromatic nitrogens is 1. The third-order valence-electron chi connectivity index (χ3n) is 3.08. The van der Waals surface area contributed by atoms with E-state index in [9.17, 15) is 4.79 Å². The van der Waals surface area contributed by atoms with Crippen LogP contribution in [0.2, 0.25) is 0 Å². The minimum absolute atomic E-state index is 0.264. The highest BCUT2D eigenvalue weighted by Gasteiger charge is 2.13. The molecule has 3 aromatic rings. The van der Waals surface area contributed by atoms with Crippen LogP contribution in [0, 0.1) is 0 Å². The summed E-state index contributed by atoms with van der Waals surface area (Å²) < 4.78 is 10.5. The van der Waals surface area contributed by atoms with E-state index in [4.69, 9.17) is 9.47 Å². The van der Waals surface area contributed by atoms with Crippen molar-refractivity contribution in [3.63, 3.8) is 0 Å². The van der Waals surface area contributed by atoms with Crippen molar-refractivity contribution in [2.24, 2.45) is 0 Å². The van der Waals surface area contributed by atoms with Gasteiger partial charge < -0.3 is 9.47 Å². The van der Waals surface area contributed by atoms with Crippen molar-refractivity contribution in [1.29, 1.82) is 0 Å². The fourth-order valence-electron chi connectivity index (χ4n) is 2.03. The molecule has 0 saturated heterocycles. The van der Waals surface area contributed by atoms with Crippen molar-refractivity contribution in [3.05, 3.63) is 66.4 Å². The third-order valence-corrected chi connectivity index (χ3v) is 3.08. The Morgan fingerprint density at radius 2 is 1.62 bits per heavy atom. The summed E-state index contributed by atoms with van der Waals surface area (Å²) in [5, 5.41) is 0.978. The van der Waals surface area contributed by atoms with Crippen LogP contribution in [0.25, 0.3) is 10.9 Å². The summed E-state index contributed by atoms with van der Waals surface area (Å²) in [5.74, 6) is 0.372. The van der Waals surface area contributed by atoms with Gasteiger partial charge in [0.25, 0.3) is 0 Å². The van der Waals surface area contributed by atoms with Crippen molar-refractivity contribution in [3.8, 4) is 11.5 Å². The highest BCUT2D eigenvalue weighted by Crippen LogP contribution is 2.26. The van der Waals surface area contributed by atoms with Gasteiger partial charge in [-0.1, -0.05) is 36.4 Å². The van der Waals surface area contributed by atoms with Crippen LogP contribution in [0.3, 0.4) is 0 Å². The smallest absolute Gasteiger partial charge is 0.362 e. The molecule has 0 amide bonds. The summed E-state index contributed by atoms with van der Waals surface area (Å²) in [6.07, 6.45) is 0. The number of rotatable bonds is 3. The number of fused-ring (bicyclic) bond motifs is 1. The molecule has 4 nitrogen and oxygen atoms in total. The van der Waals surface area contributed by atoms with Crippen molar-refractivity contribution < 1.29 is 14.3 Å². The maximum atomic E-state index is 12.2. The van der Waals surface area contributed by atoms with E-state index in [-0.39, 0.29) is 5.69 Å². The molecule has 0 bridgehead atoms. The minimum atomic E-state index is -0.509. The summed E-state index contributed by atoms with van der Waals surface area (Å²) in [6.45, 7) is 0. The molecule has 3 rings (SSSR count). The van der Waals surface area contributed by atoms with Gasteiger partial charge in [-0.2, -0.15) is 0 Å². The van der Waals surface area contributed by atoms with Gasteiger partial charge in [-0.25, -0.2) is 9.78 Å². The molecule has 104 valence electrons. The first-order valence-corrected chi connectivity index (χ1v) is 6.49. The molecule has 0 aliphatic rings. The number of methoxy groups -OCH3 is 1. The number of hydrogen-bond acceptors (Lipinski definition) is 4. The second-order valence-electron chi connectivity index (χ2n) is 4.43. The van der Waals surface area contributed by atoms with E-state index in [1.54, 1.807) is 24.3 Å². The van der Waals surface area contributed by atoms with Crippen molar-refractivity contribution >= 4 is 16.9 Å². The number of pyridine rings is 1. The summed E-state index contributed by atoms with van der Waals surface area (Å²) in [5.41, 5.74) is 1.02. The number of carbonyl (C=O) groups is 1. The molecular weight excluding hydrogens is 266 g/mol. The largest absolute Gasteiger partial charge is 0.493 e. The Morgan fingerprint density at radius 3 is 2.43 bits per heavy atom. The van der Waals surface area contributed by atoms with Crippen LogP contribution in [0.4, 0.5) is 0 Å². The normalized spacial score (nSPS) is 10.3. The summed E-state index contributed by atoms with van der Waals surface area (Å²) in [7, 11) is 1.53. The van der Waals surface area contributed by atoms with E-state index in [1.165, 1.54) is 7.11 Å². The highest BCUT2D eigenvalue weighted by atomic mass is 16.6. The lowest BCUT2D eigenvalue weighted by Gasteiger charge is -2.08. The molecule has 21 heavy (non-hydrogen) atoms. The summed E-state index contributed by atoms with van der Waals surface area (Å²) in [6, 6.07) is 18.1. The third kappa shape index (κ3) is 2.69. The van der Waals surface area contributed by atoms with Crippen LogP contribution in [0.15, 0.2) is 60.7 Å². The Kier molecular flexibility index (Phi) is 3.51. The number of ether oxygens (including phenoxy) is 2. The molecule has 0 N–H and O–H groups in total. The van der Waals surface area contributed by atoms with Gasteiger partial charge in [-0.05, 0) is 24.3 Å². The van der Waals surface area contributed by atoms with Gasteiger partial charge in [0.1, 0.15) is 5.69 Å². The Balaban J connectivity index is 1.90. The monoisotopic (exact) mass is 279 g/mol. The van der Waals surface area contributed by atoms with Crippen LogP contribution in [-0.2, 0) is 0 Å². The van der Waals surface area contributed by atoms with Gasteiger partial charge >= 0.3 is 5.97 Å². The van der Waals surface area contributed by atoms with Crippen molar-refractivity contribution in [2.75, 3.05) is 7.11 Å². The number of para-hydroxylation sites is 3. The van der Waals surface area contributed by atoms with E-state index in [0.29, 0.717) is 11.5 Å². The lowest BCUT2D eigenvalue weighted by molar-refractivity contribution is 0.0724. The van der Waals surface area contributed by atoms with Crippen LogP contribution in [0.1, 0.15) is 10.5 Å². The summed E-state index contributed by atoms with van der Waals surface area (Å²) >= 11 is 0. The lowest BCUT2D eigenvalue weighted by atomic mass is 10.2. The van der Waals surface area contributed by atoms with Crippen LogP contribution < -0.4 is 9.47 Å². The maximum Gasteiger partial charge on any atom is 0.362 e. The van der Waals surface area contributed by atoms with E-state index < -0.39 is 5.97 Å². The number of hydrogen-bond donors (Lipinski definition) is 0. The van der Waals surface area contributed by atoms with Gasteiger partial charge in [0.05, 0.1) is 12.6 Å². The van der Waals surface area contributed by atoms with E-state index in [1.807, 2.05) is 36.4 Å². The molecule has 0 aliphatic carbocycles. The topological polar surface area (TPSA) is 48.4 Å². The molecule has 0 unspecified atom stereocenters. The minimum Gasteiger partial charge on any atom is -0.493 e. The number of nitrogens with zero attached hydrogens (tertiary/aromatic N) is 1. The molecule has 0 saturated carbocycles. The molecule has 0 aliphatic heterocycles. The van der Waals surface area contributed by atoms with E-state index >= 15 is 0 Å². The van der Waals surface area contributed by atoms with Crippen molar-refractivity contribution in [2.45, 2.75) is 0 Å². The number of benzene rings is 2. The molecule has 0 fully saturated rings. The Labute approximate surface area is 122 Å². The molecular formula is C17H13NO3. The average molecular weight is 279 g/mol. The standard InChI is InChI=1S/C17H13NO3/c1-20-15-8-4-5-9-16(15)21-17(19)14-11-10-12-6-2-3-7-13(12)18-14/h2-11H,1H3. The second kappa shape index (κ2) is 5.63. The first-order valence-electron chi connectivity index (χ1n) is 6.49. The second-order valence-corrected chi connectivity index (χ2v) is 4.43. The molecule has 0 spiro atoms. The zero-order valence-corrected chi connectivity index (χ0v) is 11.4. The number of carbonyl (C=O) groups excluding carboxylic acids is 1. The van der Waals surface area contributed by atoms with Crippen LogP contribution in [0.5, 0.6) is 11.5 Å². The molecule has 2 aromatic carbocycles. The predicted octanol–water partition coefficient (Wildman–Crippen LogP) is 3.46. The van der Waals surface area contributed by atoms with Gasteiger partial charge in [0.2, 0.25) is 0 Å². The molecule has 0 atom stereocenters. The van der Waals surface area contributed by atoms with Gasteiger partial charge in [-0.15, -0.1) is 0 Å². The van der Waals surface area contributed by atoms with Crippen LogP contribution >= 0.6 is 0 Å². The molecule has 1 aromatic heterocycles. The Bertz CT molecular complexity index is 799. The highest BCUT2D eigenvalue weighted by molar-refractivity contribution is 5.92. The first-order chi connectivity index (χ1) is 10.3. The molecule has 0 radical (unpaired) electrons. The van der Waals surface area contributed by atoms with Crippen molar-refractivity contribution in [1.82, 2.24) is 4.98 Å². The van der Waals surface area contributed by atoms with E-state index in [2.05, 4.69) is 4.98 Å². The fourth-order valence-corrected chi connectivity index (χ4v) is 2.03. The lowest BCUT2D eigenvalue weighted by Crippen LogP contribution is -2.11. The first kappa shape index (κ1) is 13.1. The fraction of sp³-hybridized carbons (Fsp3) is 0.0588. The average Bonchev–Trinajstić information content (AvgIpc) is 2.55. The zero-order valence-electron chi connectivity index (χ0n) is 11.4. The molecule has 4 heteroatoms. The Morgan fingerprint density at radius 1 is 0.905 bits per heavy atom. The predicted molar refractivity (Wildman–Crippen MR) is 79.7 cm³/mol. The van der Waals surface area contributed by atoms with E-state index in [0.717, 1.165) is 10.9 Å². The number of esters is 1. The maximum absolute atomic E-state index is 12.2. The molecule has 1 heterocycles. The quantitative estimate of drug-likeness (QED) is 0.544. The summed E-state index contributed by atoms with van der Waals surface area (Å²) in [4.78, 5) is 16.5. The van der Waals surface area contributed by atoms with Gasteiger partial charge in [0.15, 0.2) is 11.5 Å². The Hall–Kier alpha value is -2.88. The van der Waals surface area contributed by atoms with Gasteiger partial charge in [0, 0.05) is 5.39 Å². The van der Waals surface area contributed by atoms with Crippen LogP contribution in [-0.4, -0.2) is 18.1 Å². The SMILES string of the molecule is COc1ccccc1OC(=O)c1ccc2ccccc2n1. The van der Waals surface area contributed by atoms with Gasteiger partial charge in [-0.3, -0.25) is 0 Å². The zero-order chi connectivity index (χ0) is 14.7.